The van der Waals surface area contributed by atoms with Crippen LogP contribution in [0.25, 0.3) is 21.5 Å². The fourth-order valence-corrected chi connectivity index (χ4v) is 4.23. The predicted molar refractivity (Wildman–Crippen MR) is 97.2 cm³/mol. The lowest BCUT2D eigenvalue weighted by Gasteiger charge is -1.99. The normalized spacial score (nSPS) is 11.1. The molecule has 0 bridgehead atoms. The number of nitrogens with zero attached hydrogens (tertiary/aromatic N) is 4. The summed E-state index contributed by atoms with van der Waals surface area (Å²) in [7, 11) is 1.83. The Labute approximate surface area is 149 Å². The van der Waals surface area contributed by atoms with Crippen molar-refractivity contribution in [2.45, 2.75) is 6.92 Å². The minimum absolute atomic E-state index is 0.245. The molecule has 2 N–H and O–H groups in total. The molecule has 4 heterocycles. The third-order valence-electron chi connectivity index (χ3n) is 3.66. The highest BCUT2D eigenvalue weighted by Crippen LogP contribution is 2.29. The molecular weight excluding hydrogens is 360 g/mol. The summed E-state index contributed by atoms with van der Waals surface area (Å²) in [5.41, 5.74) is 2.01. The first-order valence-electron chi connectivity index (χ1n) is 7.25. The zero-order valence-corrected chi connectivity index (χ0v) is 14.9. The van der Waals surface area contributed by atoms with Crippen LogP contribution >= 0.6 is 22.7 Å². The highest BCUT2D eigenvalue weighted by Gasteiger charge is 2.19. The number of aromatic nitrogens is 5. The fraction of sp³-hybridized carbons (Fsp3) is 0.133. The van der Waals surface area contributed by atoms with Crippen LogP contribution in [0.2, 0.25) is 0 Å². The van der Waals surface area contributed by atoms with E-state index in [9.17, 15) is 9.59 Å². The summed E-state index contributed by atoms with van der Waals surface area (Å²) in [6, 6.07) is 0. The van der Waals surface area contributed by atoms with Crippen LogP contribution in [-0.4, -0.2) is 30.6 Å². The molecule has 10 heteroatoms. The second-order valence-corrected chi connectivity index (χ2v) is 7.22. The van der Waals surface area contributed by atoms with Crippen LogP contribution in [0.5, 0.6) is 0 Å². The average molecular weight is 372 g/mol. The van der Waals surface area contributed by atoms with Crippen LogP contribution in [0.3, 0.4) is 0 Å². The summed E-state index contributed by atoms with van der Waals surface area (Å²) in [5.74, 6) is -0.299. The van der Waals surface area contributed by atoms with Gasteiger partial charge >= 0.3 is 0 Å². The Morgan fingerprint density at radius 3 is 2.96 bits per heavy atom. The number of hydrogen-bond donors (Lipinski definition) is 2. The maximum absolute atomic E-state index is 12.6. The summed E-state index contributed by atoms with van der Waals surface area (Å²) < 4.78 is 1.69. The molecule has 4 aromatic rings. The number of aromatic amines is 1. The zero-order chi connectivity index (χ0) is 17.6. The van der Waals surface area contributed by atoms with E-state index in [0.29, 0.717) is 25.8 Å². The number of carbonyl (C=O) groups excluding carboxylic acids is 1. The number of hydrogen-bond acceptors (Lipinski definition) is 7. The number of rotatable bonds is 3. The van der Waals surface area contributed by atoms with Gasteiger partial charge in [-0.05, 0) is 12.5 Å². The largest absolute Gasteiger partial charge is 0.313 e. The number of thiazole rings is 1. The monoisotopic (exact) mass is 372 g/mol. The number of carbonyl (C=O) groups is 1. The number of amides is 1. The van der Waals surface area contributed by atoms with Gasteiger partial charge in [0.25, 0.3) is 11.5 Å². The van der Waals surface area contributed by atoms with Gasteiger partial charge in [-0.1, -0.05) is 0 Å². The van der Waals surface area contributed by atoms with Gasteiger partial charge in [0.1, 0.15) is 4.83 Å². The van der Waals surface area contributed by atoms with Gasteiger partial charge in [0.15, 0.2) is 5.13 Å². The predicted octanol–water partition coefficient (Wildman–Crippen LogP) is 2.40. The summed E-state index contributed by atoms with van der Waals surface area (Å²) >= 11 is 2.53. The van der Waals surface area contributed by atoms with Crippen molar-refractivity contribution in [3.63, 3.8) is 0 Å². The first-order chi connectivity index (χ1) is 12.0. The summed E-state index contributed by atoms with van der Waals surface area (Å²) in [6.07, 6.45) is 4.91. The molecule has 1 amide bonds. The summed E-state index contributed by atoms with van der Waals surface area (Å²) in [4.78, 5) is 36.6. The van der Waals surface area contributed by atoms with Gasteiger partial charge in [-0.3, -0.25) is 19.6 Å². The van der Waals surface area contributed by atoms with E-state index in [4.69, 9.17) is 0 Å². The van der Waals surface area contributed by atoms with Gasteiger partial charge in [0, 0.05) is 24.2 Å². The quantitative estimate of drug-likeness (QED) is 0.574. The van der Waals surface area contributed by atoms with Gasteiger partial charge < -0.3 is 4.98 Å². The molecule has 0 aliphatic carbocycles. The number of fused-ring (bicyclic) bond motifs is 1. The fourth-order valence-electron chi connectivity index (χ4n) is 2.47. The molecule has 8 nitrogen and oxygen atoms in total. The van der Waals surface area contributed by atoms with Crippen LogP contribution in [0, 0.1) is 6.92 Å². The van der Waals surface area contributed by atoms with Crippen LogP contribution in [0.4, 0.5) is 5.13 Å². The molecule has 0 aliphatic heterocycles. The Bertz CT molecular complexity index is 1150. The molecule has 0 saturated carbocycles. The van der Waals surface area contributed by atoms with E-state index in [1.165, 1.54) is 29.0 Å². The Hall–Kier alpha value is -2.85. The summed E-state index contributed by atoms with van der Waals surface area (Å²) in [5, 5.41) is 9.70. The molecule has 25 heavy (non-hydrogen) atoms. The Kier molecular flexibility index (Phi) is 3.70. The maximum atomic E-state index is 12.6. The molecule has 0 atom stereocenters. The minimum Gasteiger partial charge on any atom is -0.313 e. The second-order valence-electron chi connectivity index (χ2n) is 5.36. The highest BCUT2D eigenvalue weighted by molar-refractivity contribution is 7.21. The van der Waals surface area contributed by atoms with E-state index < -0.39 is 0 Å². The van der Waals surface area contributed by atoms with Crippen molar-refractivity contribution in [3.05, 3.63) is 44.9 Å². The Morgan fingerprint density at radius 2 is 2.24 bits per heavy atom. The van der Waals surface area contributed by atoms with Crippen molar-refractivity contribution in [1.29, 1.82) is 0 Å². The molecular formula is C15H12N6O2S2. The standard InChI is InChI=1S/C15H12N6O2S2/c1-7-10-12(22)16-6-17-14(10)25-11(7)13(23)20-15-19-9(5-24-15)8-3-18-21(2)4-8/h3-6H,1-2H3,(H,16,17,22)(H,19,20,23). The van der Waals surface area contributed by atoms with Gasteiger partial charge in [-0.25, -0.2) is 9.97 Å². The van der Waals surface area contributed by atoms with Gasteiger partial charge in [-0.15, -0.1) is 22.7 Å². The number of nitrogens with one attached hydrogen (secondary N) is 2. The van der Waals surface area contributed by atoms with Crippen molar-refractivity contribution in [2.24, 2.45) is 7.05 Å². The number of thiophene rings is 1. The molecule has 0 saturated heterocycles. The first kappa shape index (κ1) is 15.7. The molecule has 4 rings (SSSR count). The van der Waals surface area contributed by atoms with Crippen LogP contribution in [0.15, 0.2) is 28.9 Å². The molecule has 0 spiro atoms. The smallest absolute Gasteiger partial charge is 0.267 e. The van der Waals surface area contributed by atoms with E-state index in [1.54, 1.807) is 17.8 Å². The first-order valence-corrected chi connectivity index (χ1v) is 8.95. The Balaban J connectivity index is 1.63. The lowest BCUT2D eigenvalue weighted by Crippen LogP contribution is -2.12. The average Bonchev–Trinajstić information content (AvgIpc) is 3.27. The van der Waals surface area contributed by atoms with E-state index in [-0.39, 0.29) is 11.5 Å². The van der Waals surface area contributed by atoms with E-state index >= 15 is 0 Å². The van der Waals surface area contributed by atoms with E-state index in [2.05, 4.69) is 25.4 Å². The van der Waals surface area contributed by atoms with Gasteiger partial charge in [0.2, 0.25) is 0 Å². The second kappa shape index (κ2) is 5.90. The van der Waals surface area contributed by atoms with Crippen molar-refractivity contribution in [3.8, 4) is 11.3 Å². The van der Waals surface area contributed by atoms with Crippen LogP contribution in [0.1, 0.15) is 15.2 Å². The molecule has 0 radical (unpaired) electrons. The maximum Gasteiger partial charge on any atom is 0.267 e. The lowest BCUT2D eigenvalue weighted by molar-refractivity contribution is 0.103. The zero-order valence-electron chi connectivity index (χ0n) is 13.2. The minimum atomic E-state index is -0.299. The highest BCUT2D eigenvalue weighted by atomic mass is 32.1. The van der Waals surface area contributed by atoms with Crippen molar-refractivity contribution >= 4 is 43.9 Å². The molecule has 0 unspecified atom stereocenters. The van der Waals surface area contributed by atoms with Gasteiger partial charge in [0.05, 0.1) is 28.5 Å². The molecule has 126 valence electrons. The summed E-state index contributed by atoms with van der Waals surface area (Å²) in [6.45, 7) is 1.74. The third-order valence-corrected chi connectivity index (χ3v) is 5.62. The number of aryl methyl sites for hydroxylation is 2. The van der Waals surface area contributed by atoms with E-state index in [0.717, 1.165) is 11.3 Å². The van der Waals surface area contributed by atoms with Crippen LogP contribution < -0.4 is 10.9 Å². The lowest BCUT2D eigenvalue weighted by atomic mass is 10.2. The van der Waals surface area contributed by atoms with Gasteiger partial charge in [-0.2, -0.15) is 5.10 Å². The third kappa shape index (κ3) is 2.75. The van der Waals surface area contributed by atoms with Crippen molar-refractivity contribution < 1.29 is 4.79 Å². The van der Waals surface area contributed by atoms with E-state index in [1.807, 2.05) is 18.6 Å². The number of anilines is 1. The van der Waals surface area contributed by atoms with Crippen molar-refractivity contribution in [2.75, 3.05) is 5.32 Å². The topological polar surface area (TPSA) is 106 Å². The molecule has 0 aliphatic rings. The molecule has 0 aromatic carbocycles. The van der Waals surface area contributed by atoms with Crippen molar-refractivity contribution in [1.82, 2.24) is 24.7 Å². The van der Waals surface area contributed by atoms with Crippen LogP contribution in [-0.2, 0) is 7.05 Å². The molecule has 4 aromatic heterocycles. The number of H-pyrrole nitrogens is 1. The molecule has 0 fully saturated rings. The Morgan fingerprint density at radius 1 is 1.40 bits per heavy atom. The SMILES string of the molecule is Cc1c(C(=O)Nc2nc(-c3cnn(C)c3)cs2)sc2nc[nH]c(=O)c12.